The molecule has 1 aliphatic heterocycles. The highest BCUT2D eigenvalue weighted by atomic mass is 32.2. The van der Waals surface area contributed by atoms with Gasteiger partial charge in [-0.05, 0) is 24.6 Å². The van der Waals surface area contributed by atoms with Gasteiger partial charge in [0.1, 0.15) is 6.54 Å². The van der Waals surface area contributed by atoms with E-state index in [1.807, 2.05) is 0 Å². The lowest BCUT2D eigenvalue weighted by Crippen LogP contribution is -2.37. The Bertz CT molecular complexity index is 601. The van der Waals surface area contributed by atoms with E-state index in [0.29, 0.717) is 17.3 Å². The van der Waals surface area contributed by atoms with Crippen LogP contribution in [0, 0.1) is 6.92 Å². The molecule has 23 heavy (non-hydrogen) atoms. The summed E-state index contributed by atoms with van der Waals surface area (Å²) in [5, 5.41) is 7.52. The van der Waals surface area contributed by atoms with Crippen molar-refractivity contribution in [3.63, 3.8) is 0 Å². The summed E-state index contributed by atoms with van der Waals surface area (Å²) in [6.07, 6.45) is -4.47. The Hall–Kier alpha value is -1.74. The minimum absolute atomic E-state index is 0.0592. The summed E-state index contributed by atoms with van der Waals surface area (Å²) in [6, 6.07) is 4.05. The number of rotatable bonds is 4. The number of thioether (sulfide) groups is 1. The van der Waals surface area contributed by atoms with Gasteiger partial charge in [-0.1, -0.05) is 6.07 Å². The maximum absolute atomic E-state index is 12.1. The van der Waals surface area contributed by atoms with E-state index < -0.39 is 18.6 Å². The van der Waals surface area contributed by atoms with Crippen LogP contribution in [0.3, 0.4) is 0 Å². The van der Waals surface area contributed by atoms with E-state index in [-0.39, 0.29) is 17.5 Å². The Morgan fingerprint density at radius 3 is 2.74 bits per heavy atom. The van der Waals surface area contributed by atoms with Crippen molar-refractivity contribution in [1.82, 2.24) is 10.6 Å². The average Bonchev–Trinajstić information content (AvgIpc) is 3.00. The van der Waals surface area contributed by atoms with Crippen molar-refractivity contribution in [3.05, 3.63) is 29.3 Å². The highest BCUT2D eigenvalue weighted by Crippen LogP contribution is 2.19. The van der Waals surface area contributed by atoms with E-state index >= 15 is 0 Å². The normalized spacial score (nSPS) is 17.8. The van der Waals surface area contributed by atoms with E-state index in [9.17, 15) is 22.8 Å². The SMILES string of the molecule is Cc1ccc(C(=O)NCC(F)(F)F)cc1NC(=O)C1CSCN1. The molecule has 5 nitrogen and oxygen atoms in total. The molecule has 2 amide bonds. The highest BCUT2D eigenvalue weighted by Gasteiger charge is 2.28. The van der Waals surface area contributed by atoms with Gasteiger partial charge < -0.3 is 10.6 Å². The van der Waals surface area contributed by atoms with Gasteiger partial charge in [0.05, 0.1) is 6.04 Å². The predicted molar refractivity (Wildman–Crippen MR) is 82.4 cm³/mol. The smallest absolute Gasteiger partial charge is 0.343 e. The molecule has 2 rings (SSSR count). The van der Waals surface area contributed by atoms with E-state index in [0.717, 1.165) is 5.56 Å². The Labute approximate surface area is 135 Å². The van der Waals surface area contributed by atoms with Crippen LogP contribution < -0.4 is 16.0 Å². The van der Waals surface area contributed by atoms with Crippen molar-refractivity contribution in [2.45, 2.75) is 19.1 Å². The Balaban J connectivity index is 2.06. The van der Waals surface area contributed by atoms with Crippen molar-refractivity contribution in [2.75, 3.05) is 23.5 Å². The summed E-state index contributed by atoms with van der Waals surface area (Å²) in [6.45, 7) is 0.342. The number of amides is 2. The lowest BCUT2D eigenvalue weighted by atomic mass is 10.1. The van der Waals surface area contributed by atoms with Crippen molar-refractivity contribution >= 4 is 29.3 Å². The monoisotopic (exact) mass is 347 g/mol. The van der Waals surface area contributed by atoms with Gasteiger partial charge in [-0.2, -0.15) is 13.2 Å². The number of carbonyl (C=O) groups is 2. The van der Waals surface area contributed by atoms with Crippen molar-refractivity contribution in [3.8, 4) is 0 Å². The third kappa shape index (κ3) is 5.14. The summed E-state index contributed by atoms with van der Waals surface area (Å²) in [7, 11) is 0. The summed E-state index contributed by atoms with van der Waals surface area (Å²) >= 11 is 1.60. The van der Waals surface area contributed by atoms with Crippen molar-refractivity contribution in [2.24, 2.45) is 0 Å². The number of nitrogens with one attached hydrogen (secondary N) is 3. The second-order valence-electron chi connectivity index (χ2n) is 5.09. The number of hydrogen-bond acceptors (Lipinski definition) is 4. The number of carbonyl (C=O) groups excluding carboxylic acids is 2. The molecular formula is C14H16F3N3O2S. The zero-order chi connectivity index (χ0) is 17.0. The Morgan fingerprint density at radius 2 is 2.13 bits per heavy atom. The average molecular weight is 347 g/mol. The fourth-order valence-corrected chi connectivity index (χ4v) is 2.91. The van der Waals surface area contributed by atoms with Gasteiger partial charge in [-0.3, -0.25) is 14.9 Å². The number of halogens is 3. The lowest BCUT2D eigenvalue weighted by Gasteiger charge is -2.14. The van der Waals surface area contributed by atoms with Gasteiger partial charge in [-0.15, -0.1) is 11.8 Å². The molecule has 0 spiro atoms. The molecule has 0 radical (unpaired) electrons. The predicted octanol–water partition coefficient (Wildman–Crippen LogP) is 1.89. The molecule has 1 saturated heterocycles. The molecule has 1 heterocycles. The van der Waals surface area contributed by atoms with E-state index in [1.54, 1.807) is 30.1 Å². The van der Waals surface area contributed by atoms with Crippen LogP contribution in [-0.4, -0.2) is 42.2 Å². The fourth-order valence-electron chi connectivity index (χ4n) is 1.96. The van der Waals surface area contributed by atoms with Gasteiger partial charge in [0.2, 0.25) is 5.91 Å². The Kier molecular flexibility index (Phi) is 5.53. The summed E-state index contributed by atoms with van der Waals surface area (Å²) in [5.41, 5.74) is 1.19. The Morgan fingerprint density at radius 1 is 1.39 bits per heavy atom. The number of hydrogen-bond donors (Lipinski definition) is 3. The molecule has 3 N–H and O–H groups in total. The molecule has 0 bridgehead atoms. The largest absolute Gasteiger partial charge is 0.405 e. The quantitative estimate of drug-likeness (QED) is 0.778. The van der Waals surface area contributed by atoms with Gasteiger partial charge in [0.15, 0.2) is 0 Å². The van der Waals surface area contributed by atoms with E-state index in [4.69, 9.17) is 0 Å². The van der Waals surface area contributed by atoms with Crippen LogP contribution in [0.2, 0.25) is 0 Å². The van der Waals surface area contributed by atoms with Crippen molar-refractivity contribution in [1.29, 1.82) is 0 Å². The maximum Gasteiger partial charge on any atom is 0.405 e. The molecule has 0 aromatic heterocycles. The molecular weight excluding hydrogens is 331 g/mol. The molecule has 1 aliphatic rings. The molecule has 126 valence electrons. The third-order valence-electron chi connectivity index (χ3n) is 3.24. The summed E-state index contributed by atoms with van der Waals surface area (Å²) in [5.74, 6) is 0.270. The molecule has 0 aliphatic carbocycles. The van der Waals surface area contributed by atoms with Gasteiger partial charge in [0, 0.05) is 22.9 Å². The zero-order valence-electron chi connectivity index (χ0n) is 12.3. The molecule has 1 unspecified atom stereocenters. The van der Waals surface area contributed by atoms with Crippen LogP contribution in [-0.2, 0) is 4.79 Å². The number of alkyl halides is 3. The van der Waals surface area contributed by atoms with Crippen molar-refractivity contribution < 1.29 is 22.8 Å². The third-order valence-corrected chi connectivity index (χ3v) is 4.18. The number of anilines is 1. The molecule has 9 heteroatoms. The van der Waals surface area contributed by atoms with Crippen LogP contribution in [0.25, 0.3) is 0 Å². The second kappa shape index (κ2) is 7.22. The van der Waals surface area contributed by atoms with Gasteiger partial charge >= 0.3 is 6.18 Å². The first kappa shape index (κ1) is 17.6. The zero-order valence-corrected chi connectivity index (χ0v) is 13.1. The van der Waals surface area contributed by atoms with Crippen LogP contribution >= 0.6 is 11.8 Å². The van der Waals surface area contributed by atoms with Crippen LogP contribution in [0.5, 0.6) is 0 Å². The first-order valence-corrected chi connectivity index (χ1v) is 7.99. The van der Waals surface area contributed by atoms with Crippen LogP contribution in [0.15, 0.2) is 18.2 Å². The van der Waals surface area contributed by atoms with Crippen LogP contribution in [0.4, 0.5) is 18.9 Å². The lowest BCUT2D eigenvalue weighted by molar-refractivity contribution is -0.123. The molecule has 1 fully saturated rings. The molecule has 0 saturated carbocycles. The minimum Gasteiger partial charge on any atom is -0.343 e. The summed E-state index contributed by atoms with van der Waals surface area (Å²) in [4.78, 5) is 23.8. The second-order valence-corrected chi connectivity index (χ2v) is 6.12. The topological polar surface area (TPSA) is 70.2 Å². The van der Waals surface area contributed by atoms with Gasteiger partial charge in [-0.25, -0.2) is 0 Å². The van der Waals surface area contributed by atoms with E-state index in [1.165, 1.54) is 12.1 Å². The molecule has 1 atom stereocenters. The first-order chi connectivity index (χ1) is 10.8. The van der Waals surface area contributed by atoms with Crippen LogP contribution in [0.1, 0.15) is 15.9 Å². The standard InChI is InChI=1S/C14H16F3N3O2S/c1-8-2-3-9(12(21)18-6-14(15,16)17)4-10(8)20-13(22)11-5-23-7-19-11/h2-4,11,19H,5-7H2,1H3,(H,18,21)(H,20,22). The maximum atomic E-state index is 12.1. The summed E-state index contributed by atoms with van der Waals surface area (Å²) < 4.78 is 36.4. The number of aryl methyl sites for hydroxylation is 1. The highest BCUT2D eigenvalue weighted by molar-refractivity contribution is 7.99. The van der Waals surface area contributed by atoms with E-state index in [2.05, 4.69) is 10.6 Å². The number of benzene rings is 1. The molecule has 1 aromatic rings. The molecule has 1 aromatic carbocycles. The fraction of sp³-hybridized carbons (Fsp3) is 0.429. The minimum atomic E-state index is -4.47. The van der Waals surface area contributed by atoms with Gasteiger partial charge in [0.25, 0.3) is 5.91 Å². The first-order valence-electron chi connectivity index (χ1n) is 6.84.